The number of aromatic amines is 1. The van der Waals surface area contributed by atoms with E-state index in [1.807, 2.05) is 19.9 Å². The molecule has 0 saturated carbocycles. The molecule has 0 aliphatic carbocycles. The van der Waals surface area contributed by atoms with Crippen LogP contribution in [0.4, 0.5) is 5.82 Å². The number of aromatic nitrogens is 2. The van der Waals surface area contributed by atoms with Crippen molar-refractivity contribution in [3.63, 3.8) is 0 Å². The highest BCUT2D eigenvalue weighted by atomic mass is 16.2. The van der Waals surface area contributed by atoms with Crippen molar-refractivity contribution < 1.29 is 9.59 Å². The lowest BCUT2D eigenvalue weighted by Crippen LogP contribution is -2.28. The lowest BCUT2D eigenvalue weighted by atomic mass is 10.1. The first-order chi connectivity index (χ1) is 7.99. The standard InChI is InChI=1S/C11H16N4O2/c1-6(2)8-4-9(14-13-8)15-5-7(11(12)17)3-10(15)16/h4,6-7H,3,5H2,1-2H3,(H2,12,17)(H,13,14). The van der Waals surface area contributed by atoms with Crippen LogP contribution in [0.2, 0.25) is 0 Å². The molecule has 6 nitrogen and oxygen atoms in total. The van der Waals surface area contributed by atoms with Crippen molar-refractivity contribution in [3.8, 4) is 0 Å². The summed E-state index contributed by atoms with van der Waals surface area (Å²) in [5, 5.41) is 6.98. The lowest BCUT2D eigenvalue weighted by Gasteiger charge is -2.11. The number of nitrogens with one attached hydrogen (secondary N) is 1. The van der Waals surface area contributed by atoms with Crippen LogP contribution >= 0.6 is 0 Å². The van der Waals surface area contributed by atoms with E-state index in [4.69, 9.17) is 5.73 Å². The van der Waals surface area contributed by atoms with Crippen molar-refractivity contribution in [2.75, 3.05) is 11.4 Å². The molecule has 1 aromatic rings. The van der Waals surface area contributed by atoms with Gasteiger partial charge in [-0.1, -0.05) is 13.8 Å². The van der Waals surface area contributed by atoms with Crippen molar-refractivity contribution in [1.29, 1.82) is 0 Å². The van der Waals surface area contributed by atoms with E-state index in [1.54, 1.807) is 0 Å². The number of carbonyl (C=O) groups excluding carboxylic acids is 2. The third-order valence-corrected chi connectivity index (χ3v) is 3.01. The van der Waals surface area contributed by atoms with Crippen LogP contribution in [-0.4, -0.2) is 28.6 Å². The number of primary amides is 1. The van der Waals surface area contributed by atoms with E-state index < -0.39 is 11.8 Å². The van der Waals surface area contributed by atoms with E-state index in [0.717, 1.165) is 5.69 Å². The predicted molar refractivity (Wildman–Crippen MR) is 62.3 cm³/mol. The van der Waals surface area contributed by atoms with Gasteiger partial charge in [0.25, 0.3) is 0 Å². The van der Waals surface area contributed by atoms with Crippen LogP contribution in [-0.2, 0) is 9.59 Å². The number of hydrogen-bond acceptors (Lipinski definition) is 3. The van der Waals surface area contributed by atoms with Crippen LogP contribution in [0.25, 0.3) is 0 Å². The van der Waals surface area contributed by atoms with Crippen molar-refractivity contribution in [3.05, 3.63) is 11.8 Å². The Balaban J connectivity index is 2.17. The number of amides is 2. The third kappa shape index (κ3) is 2.15. The summed E-state index contributed by atoms with van der Waals surface area (Å²) in [5.41, 5.74) is 6.18. The zero-order chi connectivity index (χ0) is 12.6. The van der Waals surface area contributed by atoms with Gasteiger partial charge in [0.05, 0.1) is 5.92 Å². The molecular weight excluding hydrogens is 220 g/mol. The minimum atomic E-state index is -0.430. The topological polar surface area (TPSA) is 92.1 Å². The molecule has 17 heavy (non-hydrogen) atoms. The van der Waals surface area contributed by atoms with Gasteiger partial charge in [0.2, 0.25) is 11.8 Å². The summed E-state index contributed by atoms with van der Waals surface area (Å²) >= 11 is 0. The second kappa shape index (κ2) is 4.20. The van der Waals surface area contributed by atoms with Gasteiger partial charge in [0.15, 0.2) is 5.82 Å². The van der Waals surface area contributed by atoms with E-state index in [2.05, 4.69) is 10.2 Å². The van der Waals surface area contributed by atoms with Crippen molar-refractivity contribution >= 4 is 17.6 Å². The number of nitrogens with two attached hydrogens (primary N) is 1. The first-order valence-corrected chi connectivity index (χ1v) is 5.64. The Morgan fingerprint density at radius 2 is 2.35 bits per heavy atom. The predicted octanol–water partition coefficient (Wildman–Crippen LogP) is 0.371. The highest BCUT2D eigenvalue weighted by Gasteiger charge is 2.35. The third-order valence-electron chi connectivity index (χ3n) is 3.01. The molecule has 6 heteroatoms. The second-order valence-corrected chi connectivity index (χ2v) is 4.64. The Kier molecular flexibility index (Phi) is 2.87. The highest BCUT2D eigenvalue weighted by Crippen LogP contribution is 2.25. The summed E-state index contributed by atoms with van der Waals surface area (Å²) in [4.78, 5) is 24.3. The van der Waals surface area contributed by atoms with Gasteiger partial charge < -0.3 is 5.73 Å². The maximum absolute atomic E-state index is 11.7. The maximum atomic E-state index is 11.7. The van der Waals surface area contributed by atoms with E-state index in [-0.39, 0.29) is 12.3 Å². The van der Waals surface area contributed by atoms with E-state index in [9.17, 15) is 9.59 Å². The van der Waals surface area contributed by atoms with Crippen molar-refractivity contribution in [2.45, 2.75) is 26.2 Å². The summed E-state index contributed by atoms with van der Waals surface area (Å²) in [6.45, 7) is 4.40. The minimum Gasteiger partial charge on any atom is -0.369 e. The molecule has 3 N–H and O–H groups in total. The molecule has 0 bridgehead atoms. The molecule has 1 atom stereocenters. The lowest BCUT2D eigenvalue weighted by molar-refractivity contribution is -0.123. The second-order valence-electron chi connectivity index (χ2n) is 4.64. The molecule has 0 radical (unpaired) electrons. The first-order valence-electron chi connectivity index (χ1n) is 5.64. The van der Waals surface area contributed by atoms with Crippen LogP contribution in [0.5, 0.6) is 0 Å². The molecule has 2 rings (SSSR count). The average molecular weight is 236 g/mol. The van der Waals surface area contributed by atoms with Crippen molar-refractivity contribution in [1.82, 2.24) is 10.2 Å². The fourth-order valence-corrected chi connectivity index (χ4v) is 1.88. The maximum Gasteiger partial charge on any atom is 0.229 e. The molecule has 92 valence electrons. The van der Waals surface area contributed by atoms with Gasteiger partial charge in [-0.15, -0.1) is 0 Å². The molecule has 1 fully saturated rings. The molecule has 1 saturated heterocycles. The summed E-state index contributed by atoms with van der Waals surface area (Å²) in [7, 11) is 0. The van der Waals surface area contributed by atoms with Gasteiger partial charge in [-0.3, -0.25) is 19.6 Å². The van der Waals surface area contributed by atoms with Crippen LogP contribution in [0.1, 0.15) is 31.9 Å². The minimum absolute atomic E-state index is 0.101. The van der Waals surface area contributed by atoms with Gasteiger partial charge in [-0.05, 0) is 5.92 Å². The molecule has 1 aromatic heterocycles. The number of H-pyrrole nitrogens is 1. The van der Waals surface area contributed by atoms with Gasteiger partial charge >= 0.3 is 0 Å². The molecule has 2 amide bonds. The Morgan fingerprint density at radius 3 is 2.82 bits per heavy atom. The molecule has 1 unspecified atom stereocenters. The highest BCUT2D eigenvalue weighted by molar-refractivity contribution is 5.99. The Hall–Kier alpha value is -1.85. The van der Waals surface area contributed by atoms with E-state index in [1.165, 1.54) is 4.90 Å². The number of rotatable bonds is 3. The average Bonchev–Trinajstić information content (AvgIpc) is 2.83. The fraction of sp³-hybridized carbons (Fsp3) is 0.545. The van der Waals surface area contributed by atoms with Gasteiger partial charge in [-0.25, -0.2) is 0 Å². The fourth-order valence-electron chi connectivity index (χ4n) is 1.88. The number of anilines is 1. The quantitative estimate of drug-likeness (QED) is 0.794. The van der Waals surface area contributed by atoms with Crippen LogP contribution in [0, 0.1) is 5.92 Å². The van der Waals surface area contributed by atoms with Gasteiger partial charge in [0.1, 0.15) is 0 Å². The number of carbonyl (C=O) groups is 2. The van der Waals surface area contributed by atoms with Crippen molar-refractivity contribution in [2.24, 2.45) is 11.7 Å². The van der Waals surface area contributed by atoms with Crippen LogP contribution in [0.3, 0.4) is 0 Å². The summed E-state index contributed by atoms with van der Waals surface area (Å²) < 4.78 is 0. The molecule has 0 aromatic carbocycles. The smallest absolute Gasteiger partial charge is 0.229 e. The molecule has 1 aliphatic heterocycles. The molecular formula is C11H16N4O2. The normalized spacial score (nSPS) is 20.3. The Bertz CT molecular complexity index is 452. The zero-order valence-corrected chi connectivity index (χ0v) is 9.93. The largest absolute Gasteiger partial charge is 0.369 e. The van der Waals surface area contributed by atoms with E-state index >= 15 is 0 Å². The molecule has 2 heterocycles. The Labute approximate surface area is 99.2 Å². The number of nitrogens with zero attached hydrogens (tertiary/aromatic N) is 2. The van der Waals surface area contributed by atoms with Crippen LogP contribution < -0.4 is 10.6 Å². The summed E-state index contributed by atoms with van der Waals surface area (Å²) in [6, 6.07) is 1.84. The van der Waals surface area contributed by atoms with E-state index in [0.29, 0.717) is 18.3 Å². The first kappa shape index (κ1) is 11.6. The monoisotopic (exact) mass is 236 g/mol. The number of hydrogen-bond donors (Lipinski definition) is 2. The molecule has 0 spiro atoms. The zero-order valence-electron chi connectivity index (χ0n) is 9.93. The summed E-state index contributed by atoms with van der Waals surface area (Å²) in [5.74, 6) is -0.0406. The van der Waals surface area contributed by atoms with Crippen LogP contribution in [0.15, 0.2) is 6.07 Å². The molecule has 1 aliphatic rings. The van der Waals surface area contributed by atoms with Gasteiger partial charge in [0, 0.05) is 24.7 Å². The Morgan fingerprint density at radius 1 is 1.65 bits per heavy atom. The SMILES string of the molecule is CC(C)c1cc(N2CC(C(N)=O)CC2=O)n[nH]1. The summed E-state index contributed by atoms with van der Waals surface area (Å²) in [6.07, 6.45) is 0.180. The van der Waals surface area contributed by atoms with Gasteiger partial charge in [-0.2, -0.15) is 5.10 Å².